The standard InChI is InChI=1S/C11H6F3N2O2/c12-11(13,14)18-9-5-2-1-4-8(9)17-10-15-6-3-7-16-10/h1-4,6-7H. The highest BCUT2D eigenvalue weighted by molar-refractivity contribution is 5.40. The van der Waals surface area contributed by atoms with Gasteiger partial charge < -0.3 is 9.47 Å². The van der Waals surface area contributed by atoms with E-state index in [4.69, 9.17) is 4.74 Å². The molecule has 7 heteroatoms. The molecule has 93 valence electrons. The van der Waals surface area contributed by atoms with Gasteiger partial charge in [-0.05, 0) is 12.1 Å². The van der Waals surface area contributed by atoms with Crippen molar-refractivity contribution >= 4 is 0 Å². The van der Waals surface area contributed by atoms with Crippen LogP contribution in [-0.4, -0.2) is 16.3 Å². The Balaban J connectivity index is 2.23. The molecule has 1 aromatic heterocycles. The van der Waals surface area contributed by atoms with Gasteiger partial charge in [0.25, 0.3) is 0 Å². The quantitative estimate of drug-likeness (QED) is 0.845. The van der Waals surface area contributed by atoms with E-state index in [-0.39, 0.29) is 11.8 Å². The molecule has 0 atom stereocenters. The molecule has 0 spiro atoms. The number of para-hydroxylation sites is 1. The molecule has 0 N–H and O–H groups in total. The van der Waals surface area contributed by atoms with Gasteiger partial charge in [-0.3, -0.25) is 0 Å². The fourth-order valence-corrected chi connectivity index (χ4v) is 1.12. The van der Waals surface area contributed by atoms with Gasteiger partial charge in [0.05, 0.1) is 0 Å². The molecule has 2 rings (SSSR count). The van der Waals surface area contributed by atoms with Crippen LogP contribution in [0.25, 0.3) is 0 Å². The summed E-state index contributed by atoms with van der Waals surface area (Å²) in [5.74, 6) is -0.738. The smallest absolute Gasteiger partial charge is 0.420 e. The summed E-state index contributed by atoms with van der Waals surface area (Å²) < 4.78 is 45.2. The van der Waals surface area contributed by atoms with Gasteiger partial charge in [0.15, 0.2) is 11.5 Å². The molecule has 1 aromatic carbocycles. The molecule has 18 heavy (non-hydrogen) atoms. The summed E-state index contributed by atoms with van der Waals surface area (Å²) in [6.07, 6.45) is -2.01. The SMILES string of the molecule is FC(F)(F)Oc1[c]cccc1Oc1ncccn1. The summed E-state index contributed by atoms with van der Waals surface area (Å²) >= 11 is 0. The van der Waals surface area contributed by atoms with Crippen LogP contribution in [0.4, 0.5) is 13.2 Å². The van der Waals surface area contributed by atoms with Crippen LogP contribution in [0.3, 0.4) is 0 Å². The Morgan fingerprint density at radius 1 is 1.11 bits per heavy atom. The number of ether oxygens (including phenoxy) is 2. The molecule has 0 amide bonds. The fourth-order valence-electron chi connectivity index (χ4n) is 1.12. The van der Waals surface area contributed by atoms with E-state index < -0.39 is 12.1 Å². The van der Waals surface area contributed by atoms with Gasteiger partial charge in [-0.15, -0.1) is 13.2 Å². The third kappa shape index (κ3) is 3.34. The van der Waals surface area contributed by atoms with Crippen molar-refractivity contribution in [3.8, 4) is 17.5 Å². The minimum absolute atomic E-state index is 0.0795. The average molecular weight is 255 g/mol. The van der Waals surface area contributed by atoms with Crippen molar-refractivity contribution in [2.75, 3.05) is 0 Å². The van der Waals surface area contributed by atoms with Gasteiger partial charge in [-0.2, -0.15) is 0 Å². The van der Waals surface area contributed by atoms with Crippen molar-refractivity contribution in [2.45, 2.75) is 6.36 Å². The molecule has 0 fully saturated rings. The molecule has 2 aromatic rings. The largest absolute Gasteiger partial charge is 0.573 e. The van der Waals surface area contributed by atoms with E-state index in [1.165, 1.54) is 30.6 Å². The zero-order chi connectivity index (χ0) is 13.0. The van der Waals surface area contributed by atoms with E-state index in [2.05, 4.69) is 20.8 Å². The van der Waals surface area contributed by atoms with E-state index >= 15 is 0 Å². The molecular formula is C11H6F3N2O2. The number of hydrogen-bond donors (Lipinski definition) is 0. The summed E-state index contributed by atoms with van der Waals surface area (Å²) in [7, 11) is 0. The van der Waals surface area contributed by atoms with Crippen molar-refractivity contribution in [3.63, 3.8) is 0 Å². The minimum atomic E-state index is -4.81. The highest BCUT2D eigenvalue weighted by atomic mass is 19.4. The number of hydrogen-bond acceptors (Lipinski definition) is 4. The van der Waals surface area contributed by atoms with Crippen molar-refractivity contribution in [1.82, 2.24) is 9.97 Å². The van der Waals surface area contributed by atoms with Gasteiger partial charge in [0.1, 0.15) is 0 Å². The van der Waals surface area contributed by atoms with Crippen LogP contribution < -0.4 is 9.47 Å². The Hall–Kier alpha value is -2.31. The second kappa shape index (κ2) is 4.91. The molecule has 0 aliphatic rings. The fraction of sp³-hybridized carbons (Fsp3) is 0.0909. The summed E-state index contributed by atoms with van der Waals surface area (Å²) in [5.41, 5.74) is 0. The lowest BCUT2D eigenvalue weighted by Crippen LogP contribution is -2.17. The number of alkyl halides is 3. The average Bonchev–Trinajstić information content (AvgIpc) is 2.31. The van der Waals surface area contributed by atoms with E-state index in [0.29, 0.717) is 0 Å². The van der Waals surface area contributed by atoms with Crippen LogP contribution in [-0.2, 0) is 0 Å². The van der Waals surface area contributed by atoms with Crippen molar-refractivity contribution in [1.29, 1.82) is 0 Å². The Labute approximate surface area is 100 Å². The minimum Gasteiger partial charge on any atom is -0.420 e. The van der Waals surface area contributed by atoms with Gasteiger partial charge in [-0.1, -0.05) is 12.1 Å². The maximum atomic E-state index is 12.1. The van der Waals surface area contributed by atoms with Gasteiger partial charge in [-0.25, -0.2) is 9.97 Å². The highest BCUT2D eigenvalue weighted by Gasteiger charge is 2.32. The van der Waals surface area contributed by atoms with Gasteiger partial charge >= 0.3 is 12.4 Å². The molecule has 0 aliphatic heterocycles. The number of halogens is 3. The van der Waals surface area contributed by atoms with Crippen LogP contribution >= 0.6 is 0 Å². The van der Waals surface area contributed by atoms with E-state index in [1.807, 2.05) is 0 Å². The highest BCUT2D eigenvalue weighted by Crippen LogP contribution is 2.33. The molecule has 0 saturated heterocycles. The topological polar surface area (TPSA) is 44.2 Å². The van der Waals surface area contributed by atoms with Crippen LogP contribution in [0.2, 0.25) is 0 Å². The predicted molar refractivity (Wildman–Crippen MR) is 54.1 cm³/mol. The van der Waals surface area contributed by atoms with E-state index in [0.717, 1.165) is 0 Å². The molecule has 0 unspecified atom stereocenters. The second-order valence-electron chi connectivity index (χ2n) is 3.04. The Kier molecular flexibility index (Phi) is 3.31. The number of benzene rings is 1. The van der Waals surface area contributed by atoms with Gasteiger partial charge in [0, 0.05) is 18.5 Å². The summed E-state index contributed by atoms with van der Waals surface area (Å²) in [4.78, 5) is 7.46. The second-order valence-corrected chi connectivity index (χ2v) is 3.04. The number of nitrogens with zero attached hydrogens (tertiary/aromatic N) is 2. The molecular weight excluding hydrogens is 249 g/mol. The first-order valence-corrected chi connectivity index (χ1v) is 4.76. The van der Waals surface area contributed by atoms with Crippen LogP contribution in [0.1, 0.15) is 0 Å². The maximum absolute atomic E-state index is 12.1. The van der Waals surface area contributed by atoms with E-state index in [9.17, 15) is 13.2 Å². The van der Waals surface area contributed by atoms with E-state index in [1.54, 1.807) is 6.07 Å². The lowest BCUT2D eigenvalue weighted by molar-refractivity contribution is -0.275. The van der Waals surface area contributed by atoms with Gasteiger partial charge in [0.2, 0.25) is 0 Å². The zero-order valence-electron chi connectivity index (χ0n) is 8.81. The normalized spacial score (nSPS) is 11.1. The maximum Gasteiger partial charge on any atom is 0.573 e. The first-order valence-electron chi connectivity index (χ1n) is 4.76. The lowest BCUT2D eigenvalue weighted by Gasteiger charge is -2.12. The molecule has 0 bridgehead atoms. The summed E-state index contributed by atoms with van der Waals surface area (Å²) in [6, 6.07) is 7.80. The first kappa shape index (κ1) is 12.2. The molecule has 1 heterocycles. The lowest BCUT2D eigenvalue weighted by atomic mass is 10.3. The third-order valence-corrected chi connectivity index (χ3v) is 1.74. The molecule has 4 nitrogen and oxygen atoms in total. The van der Waals surface area contributed by atoms with Crippen LogP contribution in [0, 0.1) is 6.07 Å². The van der Waals surface area contributed by atoms with Crippen molar-refractivity contribution < 1.29 is 22.6 Å². The monoisotopic (exact) mass is 255 g/mol. The predicted octanol–water partition coefficient (Wildman–Crippen LogP) is 2.97. The summed E-state index contributed by atoms with van der Waals surface area (Å²) in [6.45, 7) is 0. The van der Waals surface area contributed by atoms with Crippen molar-refractivity contribution in [2.24, 2.45) is 0 Å². The van der Waals surface area contributed by atoms with Crippen LogP contribution in [0.15, 0.2) is 36.7 Å². The Bertz CT molecular complexity index is 517. The molecule has 0 aliphatic carbocycles. The number of rotatable bonds is 3. The van der Waals surface area contributed by atoms with Crippen molar-refractivity contribution in [3.05, 3.63) is 42.7 Å². The summed E-state index contributed by atoms with van der Waals surface area (Å²) in [5, 5.41) is 0. The van der Waals surface area contributed by atoms with Crippen LogP contribution in [0.5, 0.6) is 17.5 Å². The molecule has 0 saturated carbocycles. The first-order chi connectivity index (χ1) is 8.54. The Morgan fingerprint density at radius 2 is 1.83 bits per heavy atom. The Morgan fingerprint density at radius 3 is 2.50 bits per heavy atom. The third-order valence-electron chi connectivity index (χ3n) is 1.74. The molecule has 1 radical (unpaired) electrons. The number of aromatic nitrogens is 2. The zero-order valence-corrected chi connectivity index (χ0v) is 8.81.